The molecule has 3 amide bonds. The summed E-state index contributed by atoms with van der Waals surface area (Å²) in [6.07, 6.45) is 0.797. The highest BCUT2D eigenvalue weighted by Gasteiger charge is 2.69. The first kappa shape index (κ1) is 30.2. The lowest BCUT2D eigenvalue weighted by Crippen LogP contribution is -2.42. The highest BCUT2D eigenvalue weighted by molar-refractivity contribution is 8.00. The van der Waals surface area contributed by atoms with Gasteiger partial charge in [0.1, 0.15) is 11.5 Å². The molecule has 1 saturated heterocycles. The Morgan fingerprint density at radius 1 is 0.898 bits per heavy atom. The number of benzene rings is 4. The number of hydrogen-bond donors (Lipinski definition) is 2. The topological polar surface area (TPSA) is 118 Å². The summed E-state index contributed by atoms with van der Waals surface area (Å²) < 4.78 is 11.3. The van der Waals surface area contributed by atoms with E-state index in [-0.39, 0.29) is 64.0 Å². The summed E-state index contributed by atoms with van der Waals surface area (Å²) in [7, 11) is 1.58. The Kier molecular flexibility index (Phi) is 7.17. The summed E-state index contributed by atoms with van der Waals surface area (Å²) in [5.74, 6) is -0.239. The first-order valence-corrected chi connectivity index (χ1v) is 18.0. The lowest BCUT2D eigenvalue weighted by atomic mass is 9.68. The van der Waals surface area contributed by atoms with Crippen molar-refractivity contribution < 1.29 is 23.9 Å². The van der Waals surface area contributed by atoms with Crippen LogP contribution in [0, 0.1) is 29.6 Å². The van der Waals surface area contributed by atoms with Gasteiger partial charge < -0.3 is 19.8 Å². The van der Waals surface area contributed by atoms with Crippen molar-refractivity contribution in [2.45, 2.75) is 22.6 Å². The summed E-state index contributed by atoms with van der Waals surface area (Å²) in [5.41, 5.74) is 2.25. The van der Waals surface area contributed by atoms with E-state index in [4.69, 9.17) is 9.47 Å². The van der Waals surface area contributed by atoms with Crippen LogP contribution in [0.3, 0.4) is 0 Å². The van der Waals surface area contributed by atoms with E-state index in [1.807, 2.05) is 66.7 Å². The number of hydrogen-bond acceptors (Lipinski definition) is 8. The molecule has 2 bridgehead atoms. The molecule has 3 fully saturated rings. The van der Waals surface area contributed by atoms with E-state index >= 15 is 0 Å². The van der Waals surface area contributed by atoms with Crippen molar-refractivity contribution in [1.82, 2.24) is 4.98 Å². The third kappa shape index (κ3) is 4.81. The number of ether oxygens (including phenoxy) is 2. The van der Waals surface area contributed by atoms with E-state index in [1.54, 1.807) is 43.1 Å². The number of methoxy groups -OCH3 is 1. The van der Waals surface area contributed by atoms with Crippen LogP contribution in [-0.2, 0) is 14.4 Å². The van der Waals surface area contributed by atoms with Gasteiger partial charge in [-0.15, -0.1) is 11.8 Å². The molecule has 0 radical (unpaired) electrons. The Morgan fingerprint density at radius 3 is 2.47 bits per heavy atom. The molecular formula is C38H31N3O6S2. The number of rotatable bonds is 7. The smallest absolute Gasteiger partial charge is 0.305 e. The maximum Gasteiger partial charge on any atom is 0.305 e. The number of nitrogens with one attached hydrogen (secondary N) is 2. The number of aromatic amines is 1. The van der Waals surface area contributed by atoms with Crippen LogP contribution in [0.4, 0.5) is 11.4 Å². The van der Waals surface area contributed by atoms with Crippen LogP contribution in [0.2, 0.25) is 0 Å². The van der Waals surface area contributed by atoms with Gasteiger partial charge in [0.2, 0.25) is 11.8 Å². The van der Waals surface area contributed by atoms with Crippen molar-refractivity contribution in [1.29, 1.82) is 0 Å². The summed E-state index contributed by atoms with van der Waals surface area (Å²) in [5, 5.41) is 5.87. The quantitative estimate of drug-likeness (QED) is 0.193. The molecule has 2 aliphatic carbocycles. The standard InChI is InChI=1S/C38H31N3O6S2/c1-46-22-14-12-21(13-15-22)41-36(43)31-25-17-26(32(31)37(41)44)33-30(25)29(34-35(48-33)40-38(45)49-34)20-8-4-9-23(16-20)47-18-28(42)39-27-11-5-7-19-6-2-3-10-24(19)27/h2-16,25-26,29-33H,17-18H2,1H3,(H,39,42)(H,40,45)/t25-,26-,29-,30?,31?,32?,33?/m1/s1. The zero-order chi connectivity index (χ0) is 33.4. The van der Waals surface area contributed by atoms with Gasteiger partial charge in [0.15, 0.2) is 6.61 Å². The van der Waals surface area contributed by atoms with Crippen LogP contribution in [0.15, 0.2) is 101 Å². The molecule has 9 rings (SSSR count). The second-order valence-electron chi connectivity index (χ2n) is 13.1. The van der Waals surface area contributed by atoms with Gasteiger partial charge in [-0.05, 0) is 77.6 Å². The minimum atomic E-state index is -0.404. The third-order valence-electron chi connectivity index (χ3n) is 10.7. The van der Waals surface area contributed by atoms with E-state index in [0.717, 1.165) is 38.3 Å². The third-order valence-corrected chi connectivity index (χ3v) is 13.3. The monoisotopic (exact) mass is 689 g/mol. The van der Waals surface area contributed by atoms with Crippen molar-refractivity contribution in [3.63, 3.8) is 0 Å². The molecule has 4 aliphatic rings. The molecule has 2 N–H and O–H groups in total. The zero-order valence-electron chi connectivity index (χ0n) is 26.3. The Bertz CT molecular complexity index is 2210. The van der Waals surface area contributed by atoms with Gasteiger partial charge in [0.05, 0.1) is 29.7 Å². The minimum Gasteiger partial charge on any atom is -0.497 e. The fourth-order valence-corrected chi connectivity index (χ4v) is 11.7. The predicted molar refractivity (Wildman–Crippen MR) is 188 cm³/mol. The molecule has 5 aromatic rings. The van der Waals surface area contributed by atoms with Crippen LogP contribution in [0.25, 0.3) is 10.8 Å². The van der Waals surface area contributed by atoms with E-state index in [0.29, 0.717) is 17.2 Å². The van der Waals surface area contributed by atoms with Gasteiger partial charge in [0, 0.05) is 27.1 Å². The number of thiazole rings is 1. The number of aromatic nitrogens is 1. The Hall–Kier alpha value is -4.87. The first-order chi connectivity index (χ1) is 23.9. The molecule has 7 atom stereocenters. The molecule has 2 aliphatic heterocycles. The summed E-state index contributed by atoms with van der Waals surface area (Å²) >= 11 is 2.87. The van der Waals surface area contributed by atoms with Gasteiger partial charge >= 0.3 is 4.87 Å². The Morgan fingerprint density at radius 2 is 1.65 bits per heavy atom. The van der Waals surface area contributed by atoms with E-state index in [2.05, 4.69) is 10.3 Å². The number of carbonyl (C=O) groups excluding carboxylic acids is 3. The second kappa shape index (κ2) is 11.6. The number of H-pyrrole nitrogens is 1. The van der Waals surface area contributed by atoms with Crippen molar-refractivity contribution in [3.05, 3.63) is 111 Å². The van der Waals surface area contributed by atoms with E-state index in [9.17, 15) is 19.2 Å². The fraction of sp³-hybridized carbons (Fsp3) is 0.263. The van der Waals surface area contributed by atoms with Crippen LogP contribution in [-0.4, -0.2) is 41.7 Å². The van der Waals surface area contributed by atoms with E-state index < -0.39 is 5.92 Å². The van der Waals surface area contributed by atoms with Crippen molar-refractivity contribution >= 4 is 63.0 Å². The maximum atomic E-state index is 14.1. The highest BCUT2D eigenvalue weighted by atomic mass is 32.2. The maximum absolute atomic E-state index is 14.1. The van der Waals surface area contributed by atoms with Gasteiger partial charge in [-0.2, -0.15) is 0 Å². The van der Waals surface area contributed by atoms with E-state index in [1.165, 1.54) is 16.2 Å². The normalized spacial score (nSPS) is 26.4. The number of thioether (sulfide) groups is 1. The average molecular weight is 690 g/mol. The van der Waals surface area contributed by atoms with Gasteiger partial charge in [-0.3, -0.25) is 24.1 Å². The van der Waals surface area contributed by atoms with Crippen LogP contribution in [0.1, 0.15) is 22.8 Å². The lowest BCUT2D eigenvalue weighted by Gasteiger charge is -2.43. The number of anilines is 2. The molecule has 4 aromatic carbocycles. The van der Waals surface area contributed by atoms with Crippen LogP contribution in [0.5, 0.6) is 11.5 Å². The van der Waals surface area contributed by atoms with Gasteiger partial charge in [-0.25, -0.2) is 0 Å². The molecule has 1 aromatic heterocycles. The number of carbonyl (C=O) groups is 3. The number of imide groups is 1. The molecule has 2 saturated carbocycles. The summed E-state index contributed by atoms with van der Waals surface area (Å²) in [6.45, 7) is -0.172. The molecule has 0 spiro atoms. The first-order valence-electron chi connectivity index (χ1n) is 16.3. The molecular weight excluding hydrogens is 659 g/mol. The molecule has 49 heavy (non-hydrogen) atoms. The number of amides is 3. The van der Waals surface area contributed by atoms with Crippen molar-refractivity contribution in [2.75, 3.05) is 23.9 Å². The average Bonchev–Trinajstić information content (AvgIpc) is 3.86. The van der Waals surface area contributed by atoms with Gasteiger partial charge in [-0.1, -0.05) is 59.9 Å². The minimum absolute atomic E-state index is 0.0148. The number of fused-ring (bicyclic) bond motifs is 10. The molecule has 11 heteroatoms. The van der Waals surface area contributed by atoms with Crippen LogP contribution >= 0.6 is 23.1 Å². The van der Waals surface area contributed by atoms with Gasteiger partial charge in [0.25, 0.3) is 5.91 Å². The SMILES string of the molecule is COc1ccc(N2C(=O)C3C(C2=O)[C@@H]2C[C@H]3C3Sc4[nH]c(=O)sc4[C@H](c4cccc(OCC(=O)Nc5cccc6ccccc56)c4)C32)cc1. The fourth-order valence-electron chi connectivity index (χ4n) is 8.84. The highest BCUT2D eigenvalue weighted by Crippen LogP contribution is 2.68. The molecule has 4 unspecified atom stereocenters. The molecule has 246 valence electrons. The summed E-state index contributed by atoms with van der Waals surface area (Å²) in [6, 6.07) is 28.4. The number of nitrogens with zero attached hydrogens (tertiary/aromatic N) is 1. The largest absolute Gasteiger partial charge is 0.497 e. The van der Waals surface area contributed by atoms with Crippen LogP contribution < -0.4 is 24.6 Å². The van der Waals surface area contributed by atoms with Crippen molar-refractivity contribution in [2.24, 2.45) is 29.6 Å². The van der Waals surface area contributed by atoms with Crippen molar-refractivity contribution in [3.8, 4) is 11.5 Å². The Labute approximate surface area is 289 Å². The lowest BCUT2D eigenvalue weighted by molar-refractivity contribution is -0.123. The Balaban J connectivity index is 0.994. The zero-order valence-corrected chi connectivity index (χ0v) is 28.0. The molecule has 9 nitrogen and oxygen atoms in total. The second-order valence-corrected chi connectivity index (χ2v) is 15.3. The molecule has 3 heterocycles. The summed E-state index contributed by atoms with van der Waals surface area (Å²) in [4.78, 5) is 59.0. The predicted octanol–water partition coefficient (Wildman–Crippen LogP) is 6.29.